The number of allylic oxidation sites excluding steroid dienone is 4. The fraction of sp³-hybridized carbons (Fsp3) is 0.848. The van der Waals surface area contributed by atoms with Gasteiger partial charge in [0.2, 0.25) is 0 Å². The minimum atomic E-state index is -0.771. The Balaban J connectivity index is 4.33. The quantitative estimate of drug-likeness (QED) is 0.0270. The molecule has 0 aromatic carbocycles. The standard InChI is InChI=1S/C46H84O6/c1-4-7-10-13-16-19-22-23-24-25-28-30-33-36-39-45(48)51-42-43(52-46(49)40-37-34-31-27-21-18-15-12-9-6-3)41-50-44(47)38-35-32-29-26-20-17-14-11-8-5-2/h11-12,14-15,43H,4-10,13,16-42H2,1-3H3/b14-11-,15-12-. The molecule has 1 atom stereocenters. The van der Waals surface area contributed by atoms with Gasteiger partial charge in [-0.15, -0.1) is 0 Å². The smallest absolute Gasteiger partial charge is 0.306 e. The maximum absolute atomic E-state index is 12.7. The SMILES string of the molecule is CCC/C=C\CCCCCCCC(=O)OCC(COC(=O)CCCCCCCCCCCCCCCC)OC(=O)CCCCCCC/C=C\CCC. The fourth-order valence-electron chi connectivity index (χ4n) is 6.27. The first-order chi connectivity index (χ1) is 25.5. The molecule has 0 amide bonds. The molecule has 0 radical (unpaired) electrons. The summed E-state index contributed by atoms with van der Waals surface area (Å²) in [4.78, 5) is 37.6. The van der Waals surface area contributed by atoms with Gasteiger partial charge in [-0.2, -0.15) is 0 Å². The van der Waals surface area contributed by atoms with Gasteiger partial charge in [0.25, 0.3) is 0 Å². The first-order valence-electron chi connectivity index (χ1n) is 22.3. The third kappa shape index (κ3) is 39.1. The molecule has 0 bridgehead atoms. The Morgan fingerprint density at radius 3 is 1.04 bits per heavy atom. The average molecular weight is 733 g/mol. The van der Waals surface area contributed by atoms with Gasteiger partial charge >= 0.3 is 17.9 Å². The van der Waals surface area contributed by atoms with Crippen molar-refractivity contribution in [1.82, 2.24) is 0 Å². The predicted molar refractivity (Wildman–Crippen MR) is 219 cm³/mol. The molecule has 0 aromatic rings. The number of carbonyl (C=O) groups excluding carboxylic acids is 3. The maximum Gasteiger partial charge on any atom is 0.306 e. The summed E-state index contributed by atoms with van der Waals surface area (Å²) in [5.41, 5.74) is 0. The maximum atomic E-state index is 12.7. The van der Waals surface area contributed by atoms with Gasteiger partial charge in [0.1, 0.15) is 13.2 Å². The van der Waals surface area contributed by atoms with Crippen LogP contribution in [0.4, 0.5) is 0 Å². The Morgan fingerprint density at radius 1 is 0.365 bits per heavy atom. The topological polar surface area (TPSA) is 78.9 Å². The summed E-state index contributed by atoms with van der Waals surface area (Å²) < 4.78 is 16.7. The van der Waals surface area contributed by atoms with Gasteiger partial charge in [-0.05, 0) is 57.8 Å². The van der Waals surface area contributed by atoms with Crippen LogP contribution in [0.3, 0.4) is 0 Å². The second-order valence-electron chi connectivity index (χ2n) is 15.0. The van der Waals surface area contributed by atoms with Crippen molar-refractivity contribution in [2.75, 3.05) is 13.2 Å². The Hall–Kier alpha value is -2.11. The Bertz CT molecular complexity index is 850. The van der Waals surface area contributed by atoms with E-state index in [1.54, 1.807) is 0 Å². The van der Waals surface area contributed by atoms with E-state index >= 15 is 0 Å². The monoisotopic (exact) mass is 733 g/mol. The lowest BCUT2D eigenvalue weighted by Crippen LogP contribution is -2.30. The molecule has 0 rings (SSSR count). The first-order valence-corrected chi connectivity index (χ1v) is 22.3. The summed E-state index contributed by atoms with van der Waals surface area (Å²) in [5.74, 6) is -0.894. The summed E-state index contributed by atoms with van der Waals surface area (Å²) in [6.07, 6.45) is 44.5. The van der Waals surface area contributed by atoms with E-state index in [-0.39, 0.29) is 31.1 Å². The van der Waals surface area contributed by atoms with E-state index < -0.39 is 6.10 Å². The first kappa shape index (κ1) is 49.9. The average Bonchev–Trinajstić information content (AvgIpc) is 3.14. The number of hydrogen-bond acceptors (Lipinski definition) is 6. The van der Waals surface area contributed by atoms with Crippen LogP contribution >= 0.6 is 0 Å². The molecular weight excluding hydrogens is 648 g/mol. The van der Waals surface area contributed by atoms with Crippen molar-refractivity contribution in [3.05, 3.63) is 24.3 Å². The fourth-order valence-corrected chi connectivity index (χ4v) is 6.27. The zero-order valence-electron chi connectivity index (χ0n) is 34.6. The molecule has 0 fully saturated rings. The van der Waals surface area contributed by atoms with E-state index in [9.17, 15) is 14.4 Å². The van der Waals surface area contributed by atoms with Crippen molar-refractivity contribution < 1.29 is 28.6 Å². The highest BCUT2D eigenvalue weighted by Crippen LogP contribution is 2.15. The molecule has 1 unspecified atom stereocenters. The van der Waals surface area contributed by atoms with Gasteiger partial charge < -0.3 is 14.2 Å². The van der Waals surface area contributed by atoms with Gasteiger partial charge in [-0.3, -0.25) is 14.4 Å². The lowest BCUT2D eigenvalue weighted by Gasteiger charge is -2.18. The van der Waals surface area contributed by atoms with E-state index in [4.69, 9.17) is 14.2 Å². The van der Waals surface area contributed by atoms with Crippen molar-refractivity contribution in [2.45, 2.75) is 239 Å². The summed E-state index contributed by atoms with van der Waals surface area (Å²) in [5, 5.41) is 0. The largest absolute Gasteiger partial charge is 0.462 e. The molecule has 6 nitrogen and oxygen atoms in total. The van der Waals surface area contributed by atoms with E-state index in [0.717, 1.165) is 89.9 Å². The molecule has 304 valence electrons. The molecule has 0 aromatic heterocycles. The molecule has 0 aliphatic rings. The highest BCUT2D eigenvalue weighted by Gasteiger charge is 2.19. The Labute approximate surface area is 322 Å². The van der Waals surface area contributed by atoms with Crippen LogP contribution in [0.2, 0.25) is 0 Å². The molecule has 0 N–H and O–H groups in total. The van der Waals surface area contributed by atoms with Crippen LogP contribution in [-0.2, 0) is 28.6 Å². The lowest BCUT2D eigenvalue weighted by atomic mass is 10.0. The van der Waals surface area contributed by atoms with Crippen LogP contribution in [0.15, 0.2) is 24.3 Å². The van der Waals surface area contributed by atoms with Crippen LogP contribution in [-0.4, -0.2) is 37.2 Å². The van der Waals surface area contributed by atoms with Crippen LogP contribution in [0.1, 0.15) is 233 Å². The minimum Gasteiger partial charge on any atom is -0.462 e. The van der Waals surface area contributed by atoms with Gasteiger partial charge in [-0.25, -0.2) is 0 Å². The van der Waals surface area contributed by atoms with Crippen LogP contribution < -0.4 is 0 Å². The lowest BCUT2D eigenvalue weighted by molar-refractivity contribution is -0.167. The highest BCUT2D eigenvalue weighted by atomic mass is 16.6. The molecule has 6 heteroatoms. The Morgan fingerprint density at radius 2 is 0.673 bits per heavy atom. The molecule has 0 saturated carbocycles. The molecule has 0 heterocycles. The molecule has 52 heavy (non-hydrogen) atoms. The van der Waals surface area contributed by atoms with Crippen LogP contribution in [0.5, 0.6) is 0 Å². The number of hydrogen-bond donors (Lipinski definition) is 0. The Kier molecular flexibility index (Phi) is 40.0. The zero-order valence-corrected chi connectivity index (χ0v) is 34.6. The van der Waals surface area contributed by atoms with E-state index in [0.29, 0.717) is 19.3 Å². The number of ether oxygens (including phenoxy) is 3. The second kappa shape index (κ2) is 41.6. The molecule has 0 saturated heterocycles. The normalized spacial score (nSPS) is 12.1. The van der Waals surface area contributed by atoms with Crippen molar-refractivity contribution in [2.24, 2.45) is 0 Å². The zero-order chi connectivity index (χ0) is 38.0. The van der Waals surface area contributed by atoms with Gasteiger partial charge in [0.05, 0.1) is 0 Å². The van der Waals surface area contributed by atoms with E-state index in [2.05, 4.69) is 45.1 Å². The summed E-state index contributed by atoms with van der Waals surface area (Å²) in [6.45, 7) is 6.50. The second-order valence-corrected chi connectivity index (χ2v) is 15.0. The van der Waals surface area contributed by atoms with Crippen molar-refractivity contribution >= 4 is 17.9 Å². The number of rotatable bonds is 40. The molecule has 0 aliphatic carbocycles. The van der Waals surface area contributed by atoms with Gasteiger partial charge in [0.15, 0.2) is 6.10 Å². The van der Waals surface area contributed by atoms with Crippen LogP contribution in [0, 0.1) is 0 Å². The third-order valence-electron chi connectivity index (χ3n) is 9.64. The molecule has 0 spiro atoms. The van der Waals surface area contributed by atoms with Crippen molar-refractivity contribution in [3.8, 4) is 0 Å². The number of carbonyl (C=O) groups is 3. The van der Waals surface area contributed by atoms with Crippen LogP contribution in [0.25, 0.3) is 0 Å². The van der Waals surface area contributed by atoms with Crippen molar-refractivity contribution in [3.63, 3.8) is 0 Å². The van der Waals surface area contributed by atoms with E-state index in [1.165, 1.54) is 103 Å². The summed E-state index contributed by atoms with van der Waals surface area (Å²) in [6, 6.07) is 0. The number of esters is 3. The molecule has 0 aliphatic heterocycles. The molecular formula is C46H84O6. The minimum absolute atomic E-state index is 0.0747. The van der Waals surface area contributed by atoms with E-state index in [1.807, 2.05) is 0 Å². The van der Waals surface area contributed by atoms with Gasteiger partial charge in [-0.1, -0.05) is 180 Å². The summed E-state index contributed by atoms with van der Waals surface area (Å²) in [7, 11) is 0. The van der Waals surface area contributed by atoms with Gasteiger partial charge in [0, 0.05) is 19.3 Å². The third-order valence-corrected chi connectivity index (χ3v) is 9.64. The van der Waals surface area contributed by atoms with Crippen molar-refractivity contribution in [1.29, 1.82) is 0 Å². The highest BCUT2D eigenvalue weighted by molar-refractivity contribution is 5.71. The number of unbranched alkanes of at least 4 members (excludes halogenated alkanes) is 25. The summed E-state index contributed by atoms with van der Waals surface area (Å²) >= 11 is 0. The predicted octanol–water partition coefficient (Wildman–Crippen LogP) is 14.0.